The minimum atomic E-state index is 0.0964. The summed E-state index contributed by atoms with van der Waals surface area (Å²) in [5.74, 6) is 0. The van der Waals surface area contributed by atoms with E-state index in [-0.39, 0.29) is 10.8 Å². The highest BCUT2D eigenvalue weighted by atomic mass is 14.7. The lowest BCUT2D eigenvalue weighted by molar-refractivity contribution is 0.569. The molecule has 18 heavy (non-hydrogen) atoms. The van der Waals surface area contributed by atoms with E-state index in [4.69, 9.17) is 0 Å². The number of benzene rings is 1. The Kier molecular flexibility index (Phi) is 2.96. The number of rotatable bonds is 0. The van der Waals surface area contributed by atoms with E-state index in [0.717, 1.165) is 5.69 Å². The van der Waals surface area contributed by atoms with Crippen LogP contribution in [0.5, 0.6) is 0 Å². The molecule has 0 bridgehead atoms. The molecule has 0 fully saturated rings. The first-order valence-corrected chi connectivity index (χ1v) is 6.59. The zero-order chi connectivity index (χ0) is 13.6. The van der Waals surface area contributed by atoms with Crippen molar-refractivity contribution in [2.45, 2.75) is 52.4 Å². The van der Waals surface area contributed by atoms with Crippen molar-refractivity contribution in [1.82, 2.24) is 4.98 Å². The summed E-state index contributed by atoms with van der Waals surface area (Å²) in [4.78, 5) is 4.60. The van der Waals surface area contributed by atoms with E-state index >= 15 is 0 Å². The highest BCUT2D eigenvalue weighted by Crippen LogP contribution is 2.32. The van der Waals surface area contributed by atoms with Gasteiger partial charge < -0.3 is 0 Å². The summed E-state index contributed by atoms with van der Waals surface area (Å²) < 4.78 is 0. The Morgan fingerprint density at radius 1 is 0.889 bits per heavy atom. The number of hydrogen-bond donors (Lipinski definition) is 0. The largest absolute Gasteiger partial charge is 0.260 e. The summed E-state index contributed by atoms with van der Waals surface area (Å²) >= 11 is 0. The number of fused-ring (bicyclic) bond motifs is 1. The molecule has 1 heterocycles. The predicted octanol–water partition coefficient (Wildman–Crippen LogP) is 4.83. The molecule has 1 nitrogen and oxygen atoms in total. The zero-order valence-electron chi connectivity index (χ0n) is 12.3. The second-order valence-electron chi connectivity index (χ2n) is 7.10. The molecule has 0 aliphatic rings. The van der Waals surface area contributed by atoms with Gasteiger partial charge in [0.2, 0.25) is 0 Å². The van der Waals surface area contributed by atoms with Crippen LogP contribution in [0.4, 0.5) is 0 Å². The van der Waals surface area contributed by atoms with Crippen LogP contribution < -0.4 is 0 Å². The summed E-state index contributed by atoms with van der Waals surface area (Å²) in [6.45, 7) is 13.4. The third-order valence-corrected chi connectivity index (χ3v) is 3.34. The van der Waals surface area contributed by atoms with Crippen LogP contribution in [0.3, 0.4) is 0 Å². The van der Waals surface area contributed by atoms with Crippen LogP contribution in [-0.2, 0) is 10.8 Å². The van der Waals surface area contributed by atoms with Crippen molar-refractivity contribution in [3.8, 4) is 0 Å². The van der Waals surface area contributed by atoms with Gasteiger partial charge in [-0.05, 0) is 22.4 Å². The van der Waals surface area contributed by atoms with Gasteiger partial charge in [-0.3, -0.25) is 4.98 Å². The third kappa shape index (κ3) is 2.40. The maximum atomic E-state index is 4.60. The van der Waals surface area contributed by atoms with E-state index in [1.165, 1.54) is 16.3 Å². The van der Waals surface area contributed by atoms with Crippen molar-refractivity contribution >= 4 is 10.8 Å². The topological polar surface area (TPSA) is 12.9 Å². The minimum Gasteiger partial charge on any atom is -0.260 e. The summed E-state index contributed by atoms with van der Waals surface area (Å²) in [5, 5.41) is 2.57. The van der Waals surface area contributed by atoms with Crippen molar-refractivity contribution in [2.24, 2.45) is 0 Å². The fraction of sp³-hybridized carbons (Fsp3) is 0.471. The second-order valence-corrected chi connectivity index (χ2v) is 7.10. The van der Waals surface area contributed by atoms with E-state index < -0.39 is 0 Å². The van der Waals surface area contributed by atoms with Gasteiger partial charge >= 0.3 is 0 Å². The van der Waals surface area contributed by atoms with E-state index in [9.17, 15) is 0 Å². The first-order valence-electron chi connectivity index (χ1n) is 6.59. The molecular weight excluding hydrogens is 218 g/mol. The summed E-state index contributed by atoms with van der Waals surface area (Å²) in [6.07, 6.45) is 2.01. The van der Waals surface area contributed by atoms with Gasteiger partial charge in [-0.2, -0.15) is 0 Å². The van der Waals surface area contributed by atoms with Crippen molar-refractivity contribution < 1.29 is 0 Å². The first-order chi connectivity index (χ1) is 8.19. The Morgan fingerprint density at radius 3 is 2.11 bits per heavy atom. The monoisotopic (exact) mass is 241 g/mol. The van der Waals surface area contributed by atoms with Crippen LogP contribution in [-0.4, -0.2) is 4.98 Å². The third-order valence-electron chi connectivity index (χ3n) is 3.34. The molecule has 0 unspecified atom stereocenters. The molecule has 1 aromatic carbocycles. The molecule has 1 heteroatoms. The average Bonchev–Trinajstić information content (AvgIpc) is 2.25. The van der Waals surface area contributed by atoms with E-state index in [2.05, 4.69) is 70.8 Å². The molecule has 0 saturated carbocycles. The molecule has 0 aliphatic heterocycles. The first kappa shape index (κ1) is 13.1. The Morgan fingerprint density at radius 2 is 1.56 bits per heavy atom. The quantitative estimate of drug-likeness (QED) is 0.643. The van der Waals surface area contributed by atoms with Crippen LogP contribution >= 0.6 is 0 Å². The standard InChI is InChI=1S/C17H23N/c1-16(2,3)14-9-7-8-12-11-18-15(10-13(12)14)17(4,5)6/h7-11H,1-6H3. The zero-order valence-corrected chi connectivity index (χ0v) is 12.3. The second kappa shape index (κ2) is 4.08. The predicted molar refractivity (Wildman–Crippen MR) is 79.1 cm³/mol. The summed E-state index contributed by atoms with van der Waals surface area (Å²) in [5.41, 5.74) is 2.81. The molecule has 0 aliphatic carbocycles. The van der Waals surface area contributed by atoms with E-state index in [1.54, 1.807) is 0 Å². The van der Waals surface area contributed by atoms with Gasteiger partial charge in [0.05, 0.1) is 0 Å². The summed E-state index contributed by atoms with van der Waals surface area (Å²) in [6, 6.07) is 8.76. The molecular formula is C17H23N. The van der Waals surface area contributed by atoms with Gasteiger partial charge in [0.1, 0.15) is 0 Å². The van der Waals surface area contributed by atoms with E-state index in [0.29, 0.717) is 0 Å². The van der Waals surface area contributed by atoms with Crippen molar-refractivity contribution in [3.63, 3.8) is 0 Å². The maximum absolute atomic E-state index is 4.60. The molecule has 0 spiro atoms. The lowest BCUT2D eigenvalue weighted by atomic mass is 9.82. The fourth-order valence-electron chi connectivity index (χ4n) is 2.23. The summed E-state index contributed by atoms with van der Waals surface area (Å²) in [7, 11) is 0. The van der Waals surface area contributed by atoms with Gasteiger partial charge in [0.15, 0.2) is 0 Å². The Balaban J connectivity index is 2.74. The van der Waals surface area contributed by atoms with Gasteiger partial charge in [-0.25, -0.2) is 0 Å². The van der Waals surface area contributed by atoms with Crippen molar-refractivity contribution in [1.29, 1.82) is 0 Å². The van der Waals surface area contributed by atoms with Crippen LogP contribution in [0.25, 0.3) is 10.8 Å². The molecule has 2 aromatic rings. The highest BCUT2D eigenvalue weighted by molar-refractivity contribution is 5.86. The minimum absolute atomic E-state index is 0.0964. The van der Waals surface area contributed by atoms with Crippen molar-refractivity contribution in [3.05, 3.63) is 41.7 Å². The van der Waals surface area contributed by atoms with Crippen molar-refractivity contribution in [2.75, 3.05) is 0 Å². The van der Waals surface area contributed by atoms with Crippen LogP contribution in [0.1, 0.15) is 52.8 Å². The molecule has 0 atom stereocenters. The number of hydrogen-bond acceptors (Lipinski definition) is 1. The maximum Gasteiger partial charge on any atom is 0.0463 e. The van der Waals surface area contributed by atoms with E-state index in [1.807, 2.05) is 6.20 Å². The van der Waals surface area contributed by atoms with Gasteiger partial charge in [0.25, 0.3) is 0 Å². The molecule has 2 rings (SSSR count). The average molecular weight is 241 g/mol. The lowest BCUT2D eigenvalue weighted by Gasteiger charge is -2.23. The molecule has 0 radical (unpaired) electrons. The number of pyridine rings is 1. The Labute approximate surface area is 110 Å². The van der Waals surface area contributed by atoms with Crippen LogP contribution in [0.2, 0.25) is 0 Å². The number of nitrogens with zero attached hydrogens (tertiary/aromatic N) is 1. The fourth-order valence-corrected chi connectivity index (χ4v) is 2.23. The molecule has 0 N–H and O–H groups in total. The molecule has 0 saturated heterocycles. The van der Waals surface area contributed by atoms with Gasteiger partial charge in [-0.15, -0.1) is 0 Å². The molecule has 1 aromatic heterocycles. The highest BCUT2D eigenvalue weighted by Gasteiger charge is 2.20. The van der Waals surface area contributed by atoms with Crippen LogP contribution in [0.15, 0.2) is 30.5 Å². The van der Waals surface area contributed by atoms with Crippen LogP contribution in [0, 0.1) is 0 Å². The Hall–Kier alpha value is -1.37. The Bertz CT molecular complexity index is 568. The normalized spacial score (nSPS) is 13.0. The lowest BCUT2D eigenvalue weighted by Crippen LogP contribution is -2.15. The number of aromatic nitrogens is 1. The molecule has 96 valence electrons. The van der Waals surface area contributed by atoms with Gasteiger partial charge in [0, 0.05) is 22.7 Å². The van der Waals surface area contributed by atoms with Gasteiger partial charge in [-0.1, -0.05) is 59.7 Å². The SMILES string of the molecule is CC(C)(C)c1cc2c(C(C)(C)C)cccc2cn1. The smallest absolute Gasteiger partial charge is 0.0463 e. The molecule has 0 amide bonds.